The van der Waals surface area contributed by atoms with E-state index in [-0.39, 0.29) is 23.4 Å². The van der Waals surface area contributed by atoms with E-state index >= 15 is 0 Å². The lowest BCUT2D eigenvalue weighted by molar-refractivity contribution is -0.406. The van der Waals surface area contributed by atoms with E-state index in [1.54, 1.807) is 0 Å². The normalized spacial score (nSPS) is 24.9. The van der Waals surface area contributed by atoms with Gasteiger partial charge in [-0.25, -0.2) is 19.6 Å². The van der Waals surface area contributed by atoms with Crippen LogP contribution in [0.3, 0.4) is 0 Å². The van der Waals surface area contributed by atoms with Gasteiger partial charge in [0.25, 0.3) is 0 Å². The summed E-state index contributed by atoms with van der Waals surface area (Å²) in [5, 5.41) is 0. The molecule has 2 unspecified atom stereocenters. The van der Waals surface area contributed by atoms with Crippen LogP contribution in [-0.4, -0.2) is 23.4 Å². The highest BCUT2D eigenvalue weighted by Gasteiger charge is 2.29. The lowest BCUT2D eigenvalue weighted by Crippen LogP contribution is -2.34. The van der Waals surface area contributed by atoms with Crippen molar-refractivity contribution < 1.29 is 19.6 Å². The summed E-state index contributed by atoms with van der Waals surface area (Å²) in [6.07, 6.45) is 6.02. The molecule has 0 amide bonds. The van der Waals surface area contributed by atoms with Gasteiger partial charge in [-0.05, 0) is 59.8 Å². The molecule has 120 valence electrons. The van der Waals surface area contributed by atoms with E-state index in [4.69, 9.17) is 19.6 Å². The van der Waals surface area contributed by atoms with Crippen LogP contribution >= 0.6 is 0 Å². The summed E-state index contributed by atoms with van der Waals surface area (Å²) in [7, 11) is 0. The zero-order chi connectivity index (χ0) is 15.2. The van der Waals surface area contributed by atoms with Crippen LogP contribution in [0, 0.1) is 0 Å². The Morgan fingerprint density at radius 3 is 1.55 bits per heavy atom. The fourth-order valence-electron chi connectivity index (χ4n) is 1.79. The minimum absolute atomic E-state index is 0.105. The highest BCUT2D eigenvalue weighted by atomic mass is 17.2. The van der Waals surface area contributed by atoms with Crippen LogP contribution in [0.2, 0.25) is 0 Å². The van der Waals surface area contributed by atoms with Gasteiger partial charge in [-0.3, -0.25) is 0 Å². The lowest BCUT2D eigenvalue weighted by Gasteiger charge is -2.32. The van der Waals surface area contributed by atoms with Gasteiger partial charge < -0.3 is 0 Å². The molecule has 0 aliphatic heterocycles. The number of hydrogen-bond donors (Lipinski definition) is 0. The standard InChI is InChI=1S/C16H32O4/c1-7-15(3,4)19-17-13-10-9-11-14(12-13)18-20-16(5,6)8-2/h13-14H,7-12H2,1-6H3. The van der Waals surface area contributed by atoms with Crippen LogP contribution in [-0.2, 0) is 19.6 Å². The minimum atomic E-state index is -0.228. The number of rotatable bonds is 8. The van der Waals surface area contributed by atoms with Crippen LogP contribution in [0.25, 0.3) is 0 Å². The topological polar surface area (TPSA) is 36.9 Å². The Balaban J connectivity index is 2.32. The molecule has 4 heteroatoms. The molecule has 4 nitrogen and oxygen atoms in total. The lowest BCUT2D eigenvalue weighted by atomic mass is 9.95. The van der Waals surface area contributed by atoms with Gasteiger partial charge in [0.05, 0.1) is 23.4 Å². The van der Waals surface area contributed by atoms with Crippen molar-refractivity contribution in [3.63, 3.8) is 0 Å². The van der Waals surface area contributed by atoms with Crippen molar-refractivity contribution in [1.29, 1.82) is 0 Å². The predicted molar refractivity (Wildman–Crippen MR) is 79.1 cm³/mol. The molecule has 1 fully saturated rings. The van der Waals surface area contributed by atoms with Gasteiger partial charge >= 0.3 is 0 Å². The van der Waals surface area contributed by atoms with Gasteiger partial charge in [-0.1, -0.05) is 13.8 Å². The Hall–Kier alpha value is -0.160. The summed E-state index contributed by atoms with van der Waals surface area (Å²) < 4.78 is 0. The van der Waals surface area contributed by atoms with E-state index in [0.717, 1.165) is 38.5 Å². The fourth-order valence-corrected chi connectivity index (χ4v) is 1.79. The summed E-state index contributed by atoms with van der Waals surface area (Å²) in [6.45, 7) is 12.3. The van der Waals surface area contributed by atoms with Gasteiger partial charge in [-0.2, -0.15) is 0 Å². The summed E-state index contributed by atoms with van der Waals surface area (Å²) in [4.78, 5) is 22.3. The zero-order valence-corrected chi connectivity index (χ0v) is 14.0. The van der Waals surface area contributed by atoms with Crippen LogP contribution in [0.15, 0.2) is 0 Å². The predicted octanol–water partition coefficient (Wildman–Crippen LogP) is 4.57. The Bertz CT molecular complexity index is 250. The highest BCUT2D eigenvalue weighted by molar-refractivity contribution is 4.73. The third-order valence-corrected chi connectivity index (χ3v) is 4.10. The van der Waals surface area contributed by atoms with Gasteiger partial charge in [0.2, 0.25) is 0 Å². The largest absolute Gasteiger partial charge is 0.233 e. The summed E-state index contributed by atoms with van der Waals surface area (Å²) >= 11 is 0. The molecule has 1 aliphatic carbocycles. The Morgan fingerprint density at radius 2 is 1.20 bits per heavy atom. The van der Waals surface area contributed by atoms with Crippen molar-refractivity contribution in [2.75, 3.05) is 0 Å². The molecule has 1 rings (SSSR count). The second-order valence-electron chi connectivity index (χ2n) is 7.00. The molecule has 0 aromatic carbocycles. The van der Waals surface area contributed by atoms with Gasteiger partial charge in [0.1, 0.15) is 0 Å². The first-order chi connectivity index (χ1) is 9.28. The third-order valence-electron chi connectivity index (χ3n) is 4.10. The van der Waals surface area contributed by atoms with E-state index in [1.807, 2.05) is 27.7 Å². The summed E-state index contributed by atoms with van der Waals surface area (Å²) in [5.41, 5.74) is -0.455. The summed E-state index contributed by atoms with van der Waals surface area (Å²) in [5.74, 6) is 0. The monoisotopic (exact) mass is 288 g/mol. The maximum atomic E-state index is 5.59. The van der Waals surface area contributed by atoms with Gasteiger partial charge in [-0.15, -0.1) is 0 Å². The maximum Gasteiger partial charge on any atom is 0.0977 e. The molecule has 0 N–H and O–H groups in total. The average molecular weight is 288 g/mol. The minimum Gasteiger partial charge on any atom is -0.233 e. The highest BCUT2D eigenvalue weighted by Crippen LogP contribution is 2.27. The van der Waals surface area contributed by atoms with Crippen molar-refractivity contribution in [3.05, 3.63) is 0 Å². The van der Waals surface area contributed by atoms with Crippen LogP contribution in [0.5, 0.6) is 0 Å². The molecular weight excluding hydrogens is 256 g/mol. The molecule has 2 atom stereocenters. The van der Waals surface area contributed by atoms with Crippen LogP contribution in [0.1, 0.15) is 80.1 Å². The first-order valence-corrected chi connectivity index (χ1v) is 7.97. The molecule has 1 aliphatic rings. The fraction of sp³-hybridized carbons (Fsp3) is 1.00. The molecule has 0 spiro atoms. The molecule has 0 heterocycles. The maximum absolute atomic E-state index is 5.59. The van der Waals surface area contributed by atoms with Crippen molar-refractivity contribution >= 4 is 0 Å². The SMILES string of the molecule is CCC(C)(C)OOC1CCCC(OOC(C)(C)CC)C1. The first kappa shape index (κ1) is 17.9. The molecule has 0 aromatic rings. The zero-order valence-electron chi connectivity index (χ0n) is 14.0. The molecule has 20 heavy (non-hydrogen) atoms. The molecule has 0 aromatic heterocycles. The average Bonchev–Trinajstić information content (AvgIpc) is 2.44. The smallest absolute Gasteiger partial charge is 0.0977 e. The molecule has 0 bridgehead atoms. The van der Waals surface area contributed by atoms with Crippen LogP contribution in [0.4, 0.5) is 0 Å². The van der Waals surface area contributed by atoms with Gasteiger partial charge in [0.15, 0.2) is 0 Å². The van der Waals surface area contributed by atoms with Crippen molar-refractivity contribution in [3.8, 4) is 0 Å². The molecular formula is C16H32O4. The second-order valence-corrected chi connectivity index (χ2v) is 7.00. The molecule has 1 saturated carbocycles. The first-order valence-electron chi connectivity index (χ1n) is 7.97. The van der Waals surface area contributed by atoms with E-state index in [9.17, 15) is 0 Å². The Kier molecular flexibility index (Phi) is 6.92. The second kappa shape index (κ2) is 7.74. The van der Waals surface area contributed by atoms with E-state index < -0.39 is 0 Å². The molecule has 0 radical (unpaired) electrons. The van der Waals surface area contributed by atoms with Crippen molar-refractivity contribution in [2.24, 2.45) is 0 Å². The third kappa shape index (κ3) is 6.53. The Labute approximate surface area is 124 Å². The van der Waals surface area contributed by atoms with Crippen molar-refractivity contribution in [1.82, 2.24) is 0 Å². The summed E-state index contributed by atoms with van der Waals surface area (Å²) in [6, 6.07) is 0. The van der Waals surface area contributed by atoms with Crippen molar-refractivity contribution in [2.45, 2.75) is 103 Å². The number of hydrogen-bond acceptors (Lipinski definition) is 4. The van der Waals surface area contributed by atoms with E-state index in [0.29, 0.717) is 0 Å². The van der Waals surface area contributed by atoms with E-state index in [1.165, 1.54) is 0 Å². The quantitative estimate of drug-likeness (QED) is 0.484. The Morgan fingerprint density at radius 1 is 0.800 bits per heavy atom. The van der Waals surface area contributed by atoms with Gasteiger partial charge in [0, 0.05) is 6.42 Å². The van der Waals surface area contributed by atoms with Crippen LogP contribution < -0.4 is 0 Å². The molecule has 0 saturated heterocycles. The van der Waals surface area contributed by atoms with E-state index in [2.05, 4.69) is 13.8 Å².